The quantitative estimate of drug-likeness (QED) is 0.453. The van der Waals surface area contributed by atoms with Crippen LogP contribution in [0.15, 0.2) is 18.2 Å². The molecule has 0 amide bonds. The van der Waals surface area contributed by atoms with Gasteiger partial charge in [-0.2, -0.15) is 0 Å². The third-order valence-electron chi connectivity index (χ3n) is 2.91. The van der Waals surface area contributed by atoms with Crippen molar-refractivity contribution in [2.45, 2.75) is 26.2 Å². The topological polar surface area (TPSA) is 65.0 Å². The minimum Gasteiger partial charge on any atom is -0.502 e. The first-order valence-electron chi connectivity index (χ1n) is 6.92. The summed E-state index contributed by atoms with van der Waals surface area (Å²) in [6.07, 6.45) is 5.94. The molecule has 0 spiro atoms. The number of unbranched alkanes of at least 4 members (excludes halogenated alkanes) is 2. The lowest BCUT2D eigenvalue weighted by Crippen LogP contribution is -2.02. The lowest BCUT2D eigenvalue weighted by molar-refractivity contribution is -0.137. The number of esters is 1. The van der Waals surface area contributed by atoms with Gasteiger partial charge in [0.2, 0.25) is 5.75 Å². The Bertz CT molecular complexity index is 468. The second kappa shape index (κ2) is 8.89. The molecule has 0 saturated heterocycles. The SMILES string of the molecule is CCCCCOC(=O)/C=C/c1cc(OC)c(O)c(OC)c1. The summed E-state index contributed by atoms with van der Waals surface area (Å²) >= 11 is 0. The van der Waals surface area contributed by atoms with Gasteiger partial charge in [-0.3, -0.25) is 0 Å². The largest absolute Gasteiger partial charge is 0.502 e. The van der Waals surface area contributed by atoms with Gasteiger partial charge in [0.25, 0.3) is 0 Å². The van der Waals surface area contributed by atoms with Gasteiger partial charge in [0.15, 0.2) is 11.5 Å². The van der Waals surface area contributed by atoms with Gasteiger partial charge >= 0.3 is 5.97 Å². The third-order valence-corrected chi connectivity index (χ3v) is 2.91. The fourth-order valence-electron chi connectivity index (χ4n) is 1.75. The zero-order valence-corrected chi connectivity index (χ0v) is 12.7. The molecule has 1 N–H and O–H groups in total. The molecule has 0 fully saturated rings. The maximum atomic E-state index is 11.5. The Balaban J connectivity index is 2.69. The average molecular weight is 294 g/mol. The Labute approximate surface area is 125 Å². The Morgan fingerprint density at radius 2 is 1.81 bits per heavy atom. The smallest absolute Gasteiger partial charge is 0.330 e. The molecule has 0 aliphatic carbocycles. The van der Waals surface area contributed by atoms with E-state index in [-0.39, 0.29) is 17.2 Å². The van der Waals surface area contributed by atoms with Crippen LogP contribution in [-0.4, -0.2) is 31.9 Å². The lowest BCUT2D eigenvalue weighted by Gasteiger charge is -2.09. The van der Waals surface area contributed by atoms with Crippen LogP contribution in [-0.2, 0) is 9.53 Å². The molecule has 116 valence electrons. The molecule has 0 aliphatic rings. The monoisotopic (exact) mass is 294 g/mol. The van der Waals surface area contributed by atoms with Crippen LogP contribution in [0.4, 0.5) is 0 Å². The number of methoxy groups -OCH3 is 2. The summed E-state index contributed by atoms with van der Waals surface area (Å²) in [6, 6.07) is 3.22. The van der Waals surface area contributed by atoms with E-state index < -0.39 is 5.97 Å². The highest BCUT2D eigenvalue weighted by Gasteiger charge is 2.10. The van der Waals surface area contributed by atoms with Crippen LogP contribution in [0.1, 0.15) is 31.7 Å². The van der Waals surface area contributed by atoms with Gasteiger partial charge in [-0.15, -0.1) is 0 Å². The van der Waals surface area contributed by atoms with Gasteiger partial charge in [0, 0.05) is 6.08 Å². The van der Waals surface area contributed by atoms with E-state index in [9.17, 15) is 9.90 Å². The summed E-state index contributed by atoms with van der Waals surface area (Å²) in [7, 11) is 2.90. The Hall–Kier alpha value is -2.17. The number of hydrogen-bond donors (Lipinski definition) is 1. The number of phenolic OH excluding ortho intramolecular Hbond substituents is 1. The van der Waals surface area contributed by atoms with Crippen molar-refractivity contribution in [2.24, 2.45) is 0 Å². The fraction of sp³-hybridized carbons (Fsp3) is 0.438. The van der Waals surface area contributed by atoms with E-state index in [4.69, 9.17) is 14.2 Å². The average Bonchev–Trinajstić information content (AvgIpc) is 2.50. The predicted molar refractivity (Wildman–Crippen MR) is 80.7 cm³/mol. The van der Waals surface area contributed by atoms with Gasteiger partial charge in [-0.1, -0.05) is 19.8 Å². The summed E-state index contributed by atoms with van der Waals surface area (Å²) in [4.78, 5) is 11.5. The molecule has 0 saturated carbocycles. The van der Waals surface area contributed by atoms with Crippen LogP contribution in [0.25, 0.3) is 6.08 Å². The second-order valence-corrected chi connectivity index (χ2v) is 4.48. The van der Waals surface area contributed by atoms with Gasteiger partial charge in [0.1, 0.15) is 0 Å². The molecule has 5 heteroatoms. The van der Waals surface area contributed by atoms with Crippen molar-refractivity contribution in [3.05, 3.63) is 23.8 Å². The Morgan fingerprint density at radius 1 is 1.19 bits per heavy atom. The lowest BCUT2D eigenvalue weighted by atomic mass is 10.1. The maximum absolute atomic E-state index is 11.5. The normalized spacial score (nSPS) is 10.6. The van der Waals surface area contributed by atoms with Crippen molar-refractivity contribution < 1.29 is 24.1 Å². The first-order valence-corrected chi connectivity index (χ1v) is 6.92. The first-order chi connectivity index (χ1) is 10.1. The zero-order valence-electron chi connectivity index (χ0n) is 12.7. The van der Waals surface area contributed by atoms with Crippen molar-refractivity contribution in [3.63, 3.8) is 0 Å². The van der Waals surface area contributed by atoms with E-state index in [1.807, 2.05) is 0 Å². The molecule has 0 aromatic heterocycles. The second-order valence-electron chi connectivity index (χ2n) is 4.48. The first kappa shape index (κ1) is 16.9. The van der Waals surface area contributed by atoms with E-state index in [1.54, 1.807) is 18.2 Å². The summed E-state index contributed by atoms with van der Waals surface area (Å²) in [6.45, 7) is 2.52. The van der Waals surface area contributed by atoms with Crippen molar-refractivity contribution in [1.82, 2.24) is 0 Å². The van der Waals surface area contributed by atoms with E-state index in [0.29, 0.717) is 12.2 Å². The summed E-state index contributed by atoms with van der Waals surface area (Å²) in [5, 5.41) is 9.79. The molecule has 0 unspecified atom stereocenters. The minimum absolute atomic E-state index is 0.0701. The van der Waals surface area contributed by atoms with E-state index in [0.717, 1.165) is 19.3 Å². The van der Waals surface area contributed by atoms with Gasteiger partial charge < -0.3 is 19.3 Å². The van der Waals surface area contributed by atoms with Crippen LogP contribution in [0.3, 0.4) is 0 Å². The molecule has 1 aromatic carbocycles. The number of benzene rings is 1. The molecule has 0 atom stereocenters. The van der Waals surface area contributed by atoms with Crippen molar-refractivity contribution >= 4 is 12.0 Å². The molecule has 0 aliphatic heterocycles. The summed E-state index contributed by atoms with van der Waals surface area (Å²) < 4.78 is 15.2. The minimum atomic E-state index is -0.392. The molecule has 21 heavy (non-hydrogen) atoms. The number of carbonyl (C=O) groups excluding carboxylic acids is 1. The van der Waals surface area contributed by atoms with Gasteiger partial charge in [-0.25, -0.2) is 4.79 Å². The van der Waals surface area contributed by atoms with Crippen LogP contribution >= 0.6 is 0 Å². The van der Waals surface area contributed by atoms with Crippen molar-refractivity contribution in [1.29, 1.82) is 0 Å². The number of hydrogen-bond acceptors (Lipinski definition) is 5. The molecule has 0 radical (unpaired) electrons. The molecular weight excluding hydrogens is 272 g/mol. The predicted octanol–water partition coefficient (Wildman–Crippen LogP) is 3.16. The number of phenols is 1. The number of carbonyl (C=O) groups is 1. The highest BCUT2D eigenvalue weighted by atomic mass is 16.5. The number of rotatable bonds is 8. The molecule has 1 rings (SSSR count). The van der Waals surface area contributed by atoms with Crippen molar-refractivity contribution in [3.8, 4) is 17.2 Å². The van der Waals surface area contributed by atoms with Crippen LogP contribution in [0.2, 0.25) is 0 Å². The van der Waals surface area contributed by atoms with Crippen LogP contribution in [0, 0.1) is 0 Å². The summed E-state index contributed by atoms with van der Waals surface area (Å²) in [5.74, 6) is 0.104. The Kier molecular flexibility index (Phi) is 7.15. The van der Waals surface area contributed by atoms with Crippen LogP contribution < -0.4 is 9.47 Å². The van der Waals surface area contributed by atoms with E-state index in [2.05, 4.69) is 6.92 Å². The fourth-order valence-corrected chi connectivity index (χ4v) is 1.75. The zero-order chi connectivity index (χ0) is 15.7. The van der Waals surface area contributed by atoms with E-state index >= 15 is 0 Å². The number of aromatic hydroxyl groups is 1. The van der Waals surface area contributed by atoms with E-state index in [1.165, 1.54) is 20.3 Å². The number of ether oxygens (including phenoxy) is 3. The van der Waals surface area contributed by atoms with Gasteiger partial charge in [0.05, 0.1) is 20.8 Å². The highest BCUT2D eigenvalue weighted by Crippen LogP contribution is 2.37. The van der Waals surface area contributed by atoms with Gasteiger partial charge in [-0.05, 0) is 30.2 Å². The third kappa shape index (κ3) is 5.38. The molecule has 5 nitrogen and oxygen atoms in total. The molecular formula is C16H22O5. The molecule has 0 heterocycles. The maximum Gasteiger partial charge on any atom is 0.330 e. The molecule has 0 bridgehead atoms. The van der Waals surface area contributed by atoms with Crippen molar-refractivity contribution in [2.75, 3.05) is 20.8 Å². The highest BCUT2D eigenvalue weighted by molar-refractivity contribution is 5.87. The standard InChI is InChI=1S/C16H22O5/c1-4-5-6-9-21-15(17)8-7-12-10-13(19-2)16(18)14(11-12)20-3/h7-8,10-11,18H,4-6,9H2,1-3H3/b8-7+. The van der Waals surface area contributed by atoms with Crippen LogP contribution in [0.5, 0.6) is 17.2 Å². The molecule has 1 aromatic rings. The Morgan fingerprint density at radius 3 is 2.33 bits per heavy atom. The summed E-state index contributed by atoms with van der Waals surface area (Å²) in [5.41, 5.74) is 0.673.